The fraction of sp³-hybridized carbons (Fsp3) is 0.500. The van der Waals surface area contributed by atoms with Crippen LogP contribution in [0.3, 0.4) is 0 Å². The van der Waals surface area contributed by atoms with Gasteiger partial charge < -0.3 is 10.1 Å². The minimum atomic E-state index is 0.636. The van der Waals surface area contributed by atoms with Gasteiger partial charge in [-0.1, -0.05) is 29.2 Å². The maximum atomic E-state index is 5.81. The predicted octanol–water partition coefficient (Wildman–Crippen LogP) is 4.29. The summed E-state index contributed by atoms with van der Waals surface area (Å²) in [4.78, 5) is 0. The fourth-order valence-corrected chi connectivity index (χ4v) is 3.97. The molecule has 0 amide bonds. The van der Waals surface area contributed by atoms with Gasteiger partial charge in [0.15, 0.2) is 4.34 Å². The molecule has 0 atom stereocenters. The third kappa shape index (κ3) is 4.88. The van der Waals surface area contributed by atoms with Gasteiger partial charge in [0, 0.05) is 11.8 Å². The van der Waals surface area contributed by atoms with Gasteiger partial charge in [-0.2, -0.15) is 0 Å². The lowest BCUT2D eigenvalue weighted by Gasteiger charge is -2.07. The minimum Gasteiger partial charge on any atom is -0.494 e. The smallest absolute Gasteiger partial charge is 0.206 e. The van der Waals surface area contributed by atoms with Crippen molar-refractivity contribution >= 4 is 28.2 Å². The van der Waals surface area contributed by atoms with E-state index in [0.29, 0.717) is 6.04 Å². The van der Waals surface area contributed by atoms with Crippen LogP contribution in [0.4, 0.5) is 5.13 Å². The largest absolute Gasteiger partial charge is 0.494 e. The lowest BCUT2D eigenvalue weighted by Crippen LogP contribution is -1.99. The Hall–Kier alpha value is -1.27. The van der Waals surface area contributed by atoms with E-state index in [1.165, 1.54) is 24.0 Å². The molecular formula is C16H21N3OS2. The number of nitrogens with one attached hydrogen (secondary N) is 1. The molecule has 0 bridgehead atoms. The number of nitrogens with zero attached hydrogens (tertiary/aromatic N) is 2. The Bertz CT molecular complexity index is 605. The van der Waals surface area contributed by atoms with Crippen molar-refractivity contribution < 1.29 is 4.74 Å². The summed E-state index contributed by atoms with van der Waals surface area (Å²) in [6.45, 7) is 4.93. The van der Waals surface area contributed by atoms with Crippen molar-refractivity contribution in [3.63, 3.8) is 0 Å². The van der Waals surface area contributed by atoms with Gasteiger partial charge in [-0.05, 0) is 56.4 Å². The number of thioether (sulfide) groups is 1. The monoisotopic (exact) mass is 335 g/mol. The van der Waals surface area contributed by atoms with E-state index in [0.717, 1.165) is 34.0 Å². The second-order valence-corrected chi connectivity index (χ2v) is 7.99. The Morgan fingerprint density at radius 2 is 2.00 bits per heavy atom. The summed E-state index contributed by atoms with van der Waals surface area (Å²) in [5.74, 6) is 1.97. The summed E-state index contributed by atoms with van der Waals surface area (Å²) in [7, 11) is 0. The molecule has 2 aromatic rings. The van der Waals surface area contributed by atoms with E-state index in [9.17, 15) is 0 Å². The molecule has 1 aliphatic rings. The fourth-order valence-electron chi connectivity index (χ4n) is 2.15. The van der Waals surface area contributed by atoms with E-state index in [4.69, 9.17) is 4.74 Å². The van der Waals surface area contributed by atoms with Gasteiger partial charge in [0.05, 0.1) is 6.61 Å². The molecule has 1 aromatic heterocycles. The first-order chi connectivity index (χ1) is 10.7. The van der Waals surface area contributed by atoms with Crippen molar-refractivity contribution in [2.75, 3.05) is 17.7 Å². The molecule has 0 aliphatic heterocycles. The molecule has 3 rings (SSSR count). The molecule has 0 radical (unpaired) electrons. The van der Waals surface area contributed by atoms with Crippen molar-refractivity contribution in [2.24, 2.45) is 0 Å². The number of rotatable bonds is 8. The molecule has 6 heteroatoms. The normalized spacial score (nSPS) is 14.1. The first-order valence-electron chi connectivity index (χ1n) is 7.63. The van der Waals surface area contributed by atoms with Crippen LogP contribution in [0.2, 0.25) is 0 Å². The maximum absolute atomic E-state index is 5.81. The second kappa shape index (κ2) is 7.33. The Morgan fingerprint density at radius 1 is 1.23 bits per heavy atom. The number of anilines is 1. The van der Waals surface area contributed by atoms with Crippen LogP contribution >= 0.6 is 23.1 Å². The number of aryl methyl sites for hydroxylation is 2. The molecule has 0 unspecified atom stereocenters. The van der Waals surface area contributed by atoms with Gasteiger partial charge in [0.25, 0.3) is 0 Å². The molecular weight excluding hydrogens is 314 g/mol. The summed E-state index contributed by atoms with van der Waals surface area (Å²) < 4.78 is 6.85. The highest BCUT2D eigenvalue weighted by molar-refractivity contribution is 8.01. The van der Waals surface area contributed by atoms with Crippen molar-refractivity contribution in [3.8, 4) is 5.75 Å². The second-order valence-electron chi connectivity index (χ2n) is 5.67. The number of hydrogen-bond acceptors (Lipinski definition) is 6. The lowest BCUT2D eigenvalue weighted by atomic mass is 10.1. The molecule has 1 aromatic carbocycles. The molecule has 1 fully saturated rings. The van der Waals surface area contributed by atoms with Crippen LogP contribution in [0.1, 0.15) is 30.4 Å². The molecule has 1 heterocycles. The summed E-state index contributed by atoms with van der Waals surface area (Å²) in [6, 6.07) is 6.96. The topological polar surface area (TPSA) is 47.0 Å². The molecule has 1 N–H and O–H groups in total. The number of benzene rings is 1. The zero-order chi connectivity index (χ0) is 15.4. The van der Waals surface area contributed by atoms with Crippen LogP contribution in [0, 0.1) is 13.8 Å². The average Bonchev–Trinajstić information content (AvgIpc) is 3.15. The highest BCUT2D eigenvalue weighted by atomic mass is 32.2. The summed E-state index contributed by atoms with van der Waals surface area (Å²) in [5.41, 5.74) is 2.49. The van der Waals surface area contributed by atoms with Gasteiger partial charge in [-0.25, -0.2) is 0 Å². The molecule has 0 saturated heterocycles. The van der Waals surface area contributed by atoms with E-state index in [1.807, 2.05) is 0 Å². The van der Waals surface area contributed by atoms with Crippen LogP contribution in [0.5, 0.6) is 5.75 Å². The standard InChI is InChI=1S/C16H21N3OS2/c1-11-8-12(2)10-14(9-11)20-6-3-7-21-16-19-18-15(22-16)17-13-4-5-13/h8-10,13H,3-7H2,1-2H3,(H,17,18). The van der Waals surface area contributed by atoms with E-state index >= 15 is 0 Å². The first kappa shape index (κ1) is 15.6. The maximum Gasteiger partial charge on any atom is 0.206 e. The first-order valence-corrected chi connectivity index (χ1v) is 9.43. The van der Waals surface area contributed by atoms with Gasteiger partial charge >= 0.3 is 0 Å². The third-order valence-electron chi connectivity index (χ3n) is 3.29. The van der Waals surface area contributed by atoms with Gasteiger partial charge in [-0.15, -0.1) is 10.2 Å². The number of aromatic nitrogens is 2. The van der Waals surface area contributed by atoms with E-state index in [-0.39, 0.29) is 0 Å². The Balaban J connectivity index is 1.35. The molecule has 22 heavy (non-hydrogen) atoms. The van der Waals surface area contributed by atoms with Crippen molar-refractivity contribution in [3.05, 3.63) is 29.3 Å². The summed E-state index contributed by atoms with van der Waals surface area (Å²) >= 11 is 3.40. The van der Waals surface area contributed by atoms with Crippen LogP contribution in [-0.2, 0) is 0 Å². The van der Waals surface area contributed by atoms with Crippen molar-refractivity contribution in [1.29, 1.82) is 0 Å². The highest BCUT2D eigenvalue weighted by Crippen LogP contribution is 2.30. The van der Waals surface area contributed by atoms with Crippen molar-refractivity contribution in [1.82, 2.24) is 10.2 Å². The van der Waals surface area contributed by atoms with Crippen LogP contribution < -0.4 is 10.1 Å². The molecule has 118 valence electrons. The zero-order valence-corrected chi connectivity index (χ0v) is 14.6. The minimum absolute atomic E-state index is 0.636. The zero-order valence-electron chi connectivity index (χ0n) is 13.0. The third-order valence-corrected chi connectivity index (χ3v) is 5.36. The lowest BCUT2D eigenvalue weighted by molar-refractivity contribution is 0.318. The summed E-state index contributed by atoms with van der Waals surface area (Å²) in [6.07, 6.45) is 3.53. The quantitative estimate of drug-likeness (QED) is 0.576. The summed E-state index contributed by atoms with van der Waals surface area (Å²) in [5, 5.41) is 12.7. The van der Waals surface area contributed by atoms with Gasteiger partial charge in [0.1, 0.15) is 5.75 Å². The number of ether oxygens (including phenoxy) is 1. The molecule has 1 saturated carbocycles. The Kier molecular flexibility index (Phi) is 5.20. The van der Waals surface area contributed by atoms with Gasteiger partial charge in [-0.3, -0.25) is 0 Å². The van der Waals surface area contributed by atoms with E-state index in [2.05, 4.69) is 47.6 Å². The van der Waals surface area contributed by atoms with E-state index in [1.54, 1.807) is 23.1 Å². The highest BCUT2D eigenvalue weighted by Gasteiger charge is 2.22. The van der Waals surface area contributed by atoms with Crippen LogP contribution in [0.25, 0.3) is 0 Å². The predicted molar refractivity (Wildman–Crippen MR) is 93.3 cm³/mol. The Morgan fingerprint density at radius 3 is 2.73 bits per heavy atom. The molecule has 4 nitrogen and oxygen atoms in total. The Labute approximate surface area is 139 Å². The van der Waals surface area contributed by atoms with Crippen LogP contribution in [-0.4, -0.2) is 28.6 Å². The molecule has 1 aliphatic carbocycles. The molecule has 0 spiro atoms. The average molecular weight is 335 g/mol. The van der Waals surface area contributed by atoms with Gasteiger partial charge in [0.2, 0.25) is 5.13 Å². The number of hydrogen-bond donors (Lipinski definition) is 1. The SMILES string of the molecule is Cc1cc(C)cc(OCCCSc2nnc(NC3CC3)s2)c1. The van der Waals surface area contributed by atoms with Crippen LogP contribution in [0.15, 0.2) is 22.5 Å². The van der Waals surface area contributed by atoms with E-state index < -0.39 is 0 Å². The van der Waals surface area contributed by atoms with Crippen molar-refractivity contribution in [2.45, 2.75) is 43.5 Å².